The third-order valence-electron chi connectivity index (χ3n) is 6.36. The second-order valence-electron chi connectivity index (χ2n) is 8.24. The molecule has 0 unspecified atom stereocenters. The van der Waals surface area contributed by atoms with Gasteiger partial charge in [-0.15, -0.1) is 0 Å². The summed E-state index contributed by atoms with van der Waals surface area (Å²) in [7, 11) is 1.67. The molecule has 1 aromatic heterocycles. The number of rotatable bonds is 7. The Kier molecular flexibility index (Phi) is 5.27. The van der Waals surface area contributed by atoms with Gasteiger partial charge in [0.1, 0.15) is 0 Å². The highest BCUT2D eigenvalue weighted by molar-refractivity contribution is 5.84. The summed E-state index contributed by atoms with van der Waals surface area (Å²) >= 11 is 0. The van der Waals surface area contributed by atoms with Gasteiger partial charge in [0.25, 0.3) is 0 Å². The molecular formula is C19H30N4O3. The molecule has 1 amide bonds. The molecule has 3 aliphatic rings. The van der Waals surface area contributed by atoms with Crippen LogP contribution in [-0.2, 0) is 22.5 Å². The Morgan fingerprint density at radius 2 is 2.15 bits per heavy atom. The molecule has 1 aromatic rings. The summed E-state index contributed by atoms with van der Waals surface area (Å²) in [5.41, 5.74) is -0.180. The van der Waals surface area contributed by atoms with Crippen LogP contribution in [0.2, 0.25) is 0 Å². The number of nitrogens with zero attached hydrogens (tertiary/aromatic N) is 4. The minimum Gasteiger partial charge on any atom is -0.384 e. The molecule has 26 heavy (non-hydrogen) atoms. The van der Waals surface area contributed by atoms with E-state index in [1.807, 2.05) is 0 Å². The Morgan fingerprint density at radius 1 is 1.27 bits per heavy atom. The number of piperidine rings is 1. The Labute approximate surface area is 155 Å². The average molecular weight is 362 g/mol. The summed E-state index contributed by atoms with van der Waals surface area (Å²) in [4.78, 5) is 22.1. The molecule has 4 rings (SSSR count). The Morgan fingerprint density at radius 3 is 2.92 bits per heavy atom. The van der Waals surface area contributed by atoms with Crippen LogP contribution in [0, 0.1) is 11.3 Å². The molecule has 7 heteroatoms. The Hall–Kier alpha value is -1.47. The summed E-state index contributed by atoms with van der Waals surface area (Å²) in [6, 6.07) is 0. The first-order valence-electron chi connectivity index (χ1n) is 10.0. The average Bonchev–Trinajstić information content (AvgIpc) is 3.21. The van der Waals surface area contributed by atoms with E-state index in [-0.39, 0.29) is 5.41 Å². The van der Waals surface area contributed by atoms with Gasteiger partial charge in [0, 0.05) is 33.2 Å². The van der Waals surface area contributed by atoms with Crippen molar-refractivity contribution < 1.29 is 14.1 Å². The minimum absolute atomic E-state index is 0.180. The molecule has 0 N–H and O–H groups in total. The molecule has 3 heterocycles. The van der Waals surface area contributed by atoms with Crippen LogP contribution in [0.15, 0.2) is 4.52 Å². The highest BCUT2D eigenvalue weighted by atomic mass is 16.5. The van der Waals surface area contributed by atoms with E-state index in [0.717, 1.165) is 51.4 Å². The first kappa shape index (κ1) is 17.9. The quantitative estimate of drug-likeness (QED) is 0.737. The van der Waals surface area contributed by atoms with Gasteiger partial charge in [0.2, 0.25) is 11.8 Å². The largest absolute Gasteiger partial charge is 0.384 e. The summed E-state index contributed by atoms with van der Waals surface area (Å²) in [6.45, 7) is 4.91. The summed E-state index contributed by atoms with van der Waals surface area (Å²) in [5, 5.41) is 4.01. The minimum atomic E-state index is -0.180. The summed E-state index contributed by atoms with van der Waals surface area (Å²) in [5.74, 6) is 2.47. The van der Waals surface area contributed by atoms with Crippen LogP contribution in [0.3, 0.4) is 0 Å². The van der Waals surface area contributed by atoms with E-state index in [0.29, 0.717) is 37.2 Å². The van der Waals surface area contributed by atoms with Gasteiger partial charge >= 0.3 is 0 Å². The van der Waals surface area contributed by atoms with Crippen LogP contribution in [0.1, 0.15) is 50.2 Å². The van der Waals surface area contributed by atoms with Crippen LogP contribution < -0.4 is 0 Å². The molecule has 3 fully saturated rings. The van der Waals surface area contributed by atoms with Gasteiger partial charge in [-0.3, -0.25) is 9.69 Å². The number of carbonyl (C=O) groups excluding carboxylic acids is 1. The molecule has 1 spiro atoms. The standard InChI is InChI=1S/C19H30N4O3/c1-25-11-6-16-20-17(26-21-16)13-22-10-8-19(14-22)7-3-9-23(18(19)24)12-15-4-2-5-15/h15H,2-14H2,1H3/t19-/m1/s1. The fourth-order valence-electron chi connectivity index (χ4n) is 4.63. The van der Waals surface area contributed by atoms with Crippen molar-refractivity contribution in [3.05, 3.63) is 11.7 Å². The molecule has 2 saturated heterocycles. The summed E-state index contributed by atoms with van der Waals surface area (Å²) in [6.07, 6.45) is 7.70. The fraction of sp³-hybridized carbons (Fsp3) is 0.842. The molecule has 0 aromatic carbocycles. The predicted molar refractivity (Wildman–Crippen MR) is 95.4 cm³/mol. The molecule has 1 aliphatic carbocycles. The molecule has 2 aliphatic heterocycles. The number of methoxy groups -OCH3 is 1. The van der Waals surface area contributed by atoms with Crippen molar-refractivity contribution in [1.29, 1.82) is 0 Å². The van der Waals surface area contributed by atoms with Crippen LogP contribution in [0.25, 0.3) is 0 Å². The van der Waals surface area contributed by atoms with Crippen molar-refractivity contribution in [2.75, 3.05) is 39.9 Å². The smallest absolute Gasteiger partial charge is 0.240 e. The number of ether oxygens (including phenoxy) is 1. The molecule has 0 radical (unpaired) electrons. The molecular weight excluding hydrogens is 332 g/mol. The SMILES string of the molecule is COCCc1noc(CN2CC[C@]3(CCCN(CC4CCC4)C3=O)C2)n1. The number of amides is 1. The lowest BCUT2D eigenvalue weighted by Gasteiger charge is -2.42. The lowest BCUT2D eigenvalue weighted by Crippen LogP contribution is -2.51. The van der Waals surface area contributed by atoms with E-state index in [2.05, 4.69) is 19.9 Å². The Bertz CT molecular complexity index is 630. The zero-order chi connectivity index (χ0) is 18.0. The van der Waals surface area contributed by atoms with Crippen molar-refractivity contribution in [1.82, 2.24) is 19.9 Å². The van der Waals surface area contributed by atoms with Gasteiger partial charge < -0.3 is 14.2 Å². The normalized spacial score (nSPS) is 27.4. The second-order valence-corrected chi connectivity index (χ2v) is 8.24. The van der Waals surface area contributed by atoms with E-state index < -0.39 is 0 Å². The highest BCUT2D eigenvalue weighted by Gasteiger charge is 2.48. The molecule has 7 nitrogen and oxygen atoms in total. The van der Waals surface area contributed by atoms with E-state index in [9.17, 15) is 4.79 Å². The monoisotopic (exact) mass is 362 g/mol. The number of hydrogen-bond acceptors (Lipinski definition) is 6. The van der Waals surface area contributed by atoms with Gasteiger partial charge in [-0.1, -0.05) is 11.6 Å². The molecule has 0 bridgehead atoms. The maximum absolute atomic E-state index is 13.2. The third-order valence-corrected chi connectivity index (χ3v) is 6.36. The van der Waals surface area contributed by atoms with Gasteiger partial charge in [-0.25, -0.2) is 0 Å². The third kappa shape index (κ3) is 3.64. The van der Waals surface area contributed by atoms with E-state index in [1.165, 1.54) is 19.3 Å². The van der Waals surface area contributed by atoms with Crippen LogP contribution in [0.4, 0.5) is 0 Å². The van der Waals surface area contributed by atoms with Crippen molar-refractivity contribution >= 4 is 5.91 Å². The molecule has 1 atom stereocenters. The van der Waals surface area contributed by atoms with E-state index in [1.54, 1.807) is 7.11 Å². The molecule has 144 valence electrons. The number of hydrogen-bond donors (Lipinski definition) is 0. The van der Waals surface area contributed by atoms with Crippen molar-refractivity contribution in [2.45, 2.75) is 51.5 Å². The second kappa shape index (κ2) is 7.64. The number of carbonyl (C=O) groups is 1. The topological polar surface area (TPSA) is 71.7 Å². The first-order chi connectivity index (χ1) is 12.7. The summed E-state index contributed by atoms with van der Waals surface area (Å²) < 4.78 is 10.4. The van der Waals surface area contributed by atoms with Gasteiger partial charge in [-0.2, -0.15) is 4.98 Å². The van der Waals surface area contributed by atoms with Gasteiger partial charge in [-0.05, 0) is 44.6 Å². The van der Waals surface area contributed by atoms with Gasteiger partial charge in [0.15, 0.2) is 5.82 Å². The maximum Gasteiger partial charge on any atom is 0.240 e. The maximum atomic E-state index is 13.2. The fourth-order valence-corrected chi connectivity index (χ4v) is 4.63. The van der Waals surface area contributed by atoms with Gasteiger partial charge in [0.05, 0.1) is 18.6 Å². The molecule has 1 saturated carbocycles. The highest BCUT2D eigenvalue weighted by Crippen LogP contribution is 2.41. The van der Waals surface area contributed by atoms with E-state index in [4.69, 9.17) is 9.26 Å². The van der Waals surface area contributed by atoms with Crippen molar-refractivity contribution in [3.8, 4) is 0 Å². The Balaban J connectivity index is 1.34. The zero-order valence-corrected chi connectivity index (χ0v) is 15.8. The van der Waals surface area contributed by atoms with Crippen LogP contribution in [-0.4, -0.2) is 65.7 Å². The van der Waals surface area contributed by atoms with Crippen LogP contribution >= 0.6 is 0 Å². The van der Waals surface area contributed by atoms with Crippen molar-refractivity contribution in [3.63, 3.8) is 0 Å². The number of likely N-dealkylation sites (tertiary alicyclic amines) is 2. The lowest BCUT2D eigenvalue weighted by atomic mass is 9.77. The lowest BCUT2D eigenvalue weighted by molar-refractivity contribution is -0.146. The van der Waals surface area contributed by atoms with Crippen LogP contribution in [0.5, 0.6) is 0 Å². The zero-order valence-electron chi connectivity index (χ0n) is 15.8. The first-order valence-corrected chi connectivity index (χ1v) is 10.0. The van der Waals surface area contributed by atoms with Crippen molar-refractivity contribution in [2.24, 2.45) is 11.3 Å². The predicted octanol–water partition coefficient (Wildman–Crippen LogP) is 1.87. The van der Waals surface area contributed by atoms with E-state index >= 15 is 0 Å². The number of aromatic nitrogens is 2.